The van der Waals surface area contributed by atoms with E-state index >= 15 is 0 Å². The molecule has 0 saturated carbocycles. The molecule has 13 heteroatoms. The number of rotatable bonds is 5. The third kappa shape index (κ3) is 4.54. The zero-order valence-corrected chi connectivity index (χ0v) is 18.2. The number of nitrogens with one attached hydrogen (secondary N) is 2. The van der Waals surface area contributed by atoms with Crippen molar-refractivity contribution >= 4 is 32.7 Å². The van der Waals surface area contributed by atoms with E-state index in [0.717, 1.165) is 12.3 Å². The zero-order valence-electron chi connectivity index (χ0n) is 17.4. The number of benzene rings is 1. The van der Waals surface area contributed by atoms with Gasteiger partial charge in [0.15, 0.2) is 0 Å². The van der Waals surface area contributed by atoms with Crippen LogP contribution in [0.1, 0.15) is 24.1 Å². The molecule has 3 heterocycles. The van der Waals surface area contributed by atoms with Crippen LogP contribution in [0.4, 0.5) is 24.8 Å². The summed E-state index contributed by atoms with van der Waals surface area (Å²) in [7, 11) is -3.82. The van der Waals surface area contributed by atoms with Gasteiger partial charge in [-0.2, -0.15) is 13.2 Å². The zero-order chi connectivity index (χ0) is 24.7. The largest absolute Gasteiger partial charge is 0.417 e. The molecule has 0 bridgehead atoms. The molecule has 0 aliphatic rings. The summed E-state index contributed by atoms with van der Waals surface area (Å²) in [5.41, 5.74) is 0.461. The number of primary sulfonamides is 1. The molecule has 3 aromatic heterocycles. The summed E-state index contributed by atoms with van der Waals surface area (Å²) < 4.78 is 62.4. The molecule has 4 aromatic rings. The number of hydrogen-bond donors (Lipinski definition) is 3. The van der Waals surface area contributed by atoms with Gasteiger partial charge in [-0.3, -0.25) is 0 Å². The lowest BCUT2D eigenvalue weighted by atomic mass is 10.1. The summed E-state index contributed by atoms with van der Waals surface area (Å²) in [5, 5.41) is 8.32. The van der Waals surface area contributed by atoms with E-state index in [0.29, 0.717) is 5.56 Å². The number of nitrogens with two attached hydrogens (primary N) is 1. The predicted molar refractivity (Wildman–Crippen MR) is 118 cm³/mol. The first-order chi connectivity index (χ1) is 16.0. The first kappa shape index (κ1) is 23.1. The minimum atomic E-state index is -4.58. The second-order valence-electron chi connectivity index (χ2n) is 7.34. The molecule has 4 N–H and O–H groups in total. The smallest absolute Gasteiger partial charge is 0.348 e. The van der Waals surface area contributed by atoms with Gasteiger partial charge in [0.1, 0.15) is 5.65 Å². The summed E-state index contributed by atoms with van der Waals surface area (Å²) in [6, 6.07) is 6.48. The monoisotopic (exact) mass is 487 g/mol. The van der Waals surface area contributed by atoms with Crippen LogP contribution in [0.25, 0.3) is 27.1 Å². The van der Waals surface area contributed by atoms with E-state index in [-0.39, 0.29) is 44.9 Å². The van der Waals surface area contributed by atoms with Crippen molar-refractivity contribution in [2.24, 2.45) is 5.14 Å². The Bertz CT molecular complexity index is 1520. The number of hydrogen-bond acceptors (Lipinski definition) is 6. The quantitative estimate of drug-likeness (QED) is 0.358. The average molecular weight is 487 g/mol. The van der Waals surface area contributed by atoms with E-state index in [4.69, 9.17) is 11.7 Å². The lowest BCUT2D eigenvalue weighted by Crippen LogP contribution is -2.13. The molecule has 1 atom stereocenters. The Morgan fingerprint density at radius 2 is 1.88 bits per heavy atom. The van der Waals surface area contributed by atoms with E-state index in [9.17, 15) is 21.6 Å². The summed E-state index contributed by atoms with van der Waals surface area (Å²) in [6.07, 6.45) is -1.14. The number of anilines is 1. The third-order valence-corrected chi connectivity index (χ3v) is 5.99. The van der Waals surface area contributed by atoms with Crippen molar-refractivity contribution in [2.45, 2.75) is 24.0 Å². The fourth-order valence-corrected chi connectivity index (χ4v) is 3.82. The van der Waals surface area contributed by atoms with Gasteiger partial charge >= 0.3 is 6.18 Å². The van der Waals surface area contributed by atoms with Gasteiger partial charge in [0.25, 0.3) is 0 Å². The minimum Gasteiger partial charge on any atom is -0.348 e. The van der Waals surface area contributed by atoms with Gasteiger partial charge in [-0.25, -0.2) is 33.4 Å². The molecule has 0 saturated heterocycles. The third-order valence-electron chi connectivity index (χ3n) is 5.06. The van der Waals surface area contributed by atoms with Gasteiger partial charge in [0.2, 0.25) is 21.7 Å². The van der Waals surface area contributed by atoms with Crippen molar-refractivity contribution in [3.8, 4) is 11.3 Å². The molecule has 0 spiro atoms. The highest BCUT2D eigenvalue weighted by atomic mass is 32.2. The first-order valence-corrected chi connectivity index (χ1v) is 11.2. The van der Waals surface area contributed by atoms with Crippen LogP contribution in [0, 0.1) is 6.57 Å². The topological polar surface area (TPSA) is 131 Å². The van der Waals surface area contributed by atoms with Crippen molar-refractivity contribution < 1.29 is 21.6 Å². The first-order valence-electron chi connectivity index (χ1n) is 9.66. The molecule has 174 valence electrons. The lowest BCUT2D eigenvalue weighted by molar-refractivity contribution is -0.137. The van der Waals surface area contributed by atoms with Crippen LogP contribution in [0.15, 0.2) is 53.8 Å². The van der Waals surface area contributed by atoms with Crippen LogP contribution in [0.5, 0.6) is 0 Å². The molecule has 34 heavy (non-hydrogen) atoms. The van der Waals surface area contributed by atoms with Crippen LogP contribution in [-0.4, -0.2) is 28.4 Å². The number of nitrogens with zero attached hydrogens (tertiary/aromatic N) is 4. The van der Waals surface area contributed by atoms with Crippen LogP contribution in [-0.2, 0) is 16.2 Å². The molecule has 1 aromatic carbocycles. The van der Waals surface area contributed by atoms with Crippen molar-refractivity contribution in [1.29, 1.82) is 0 Å². The molecular weight excluding hydrogens is 471 g/mol. The highest BCUT2D eigenvalue weighted by Gasteiger charge is 2.31. The molecule has 0 unspecified atom stereocenters. The van der Waals surface area contributed by atoms with Gasteiger partial charge in [-0.1, -0.05) is 12.1 Å². The van der Waals surface area contributed by atoms with E-state index in [2.05, 4.69) is 30.1 Å². The van der Waals surface area contributed by atoms with Crippen molar-refractivity contribution in [3.63, 3.8) is 0 Å². The van der Waals surface area contributed by atoms with Gasteiger partial charge in [-0.15, -0.1) is 0 Å². The number of halogens is 3. The van der Waals surface area contributed by atoms with Crippen molar-refractivity contribution in [2.75, 3.05) is 5.32 Å². The second-order valence-corrected chi connectivity index (χ2v) is 8.90. The summed E-state index contributed by atoms with van der Waals surface area (Å²) in [4.78, 5) is 18.5. The van der Waals surface area contributed by atoms with Gasteiger partial charge in [0.05, 0.1) is 28.8 Å². The lowest BCUT2D eigenvalue weighted by Gasteiger charge is -2.15. The maximum Gasteiger partial charge on any atom is 0.417 e. The Hall–Kier alpha value is -4.02. The Kier molecular flexibility index (Phi) is 5.72. The number of aromatic nitrogens is 4. The van der Waals surface area contributed by atoms with E-state index in [1.54, 1.807) is 19.1 Å². The van der Waals surface area contributed by atoms with Crippen LogP contribution in [0.3, 0.4) is 0 Å². The highest BCUT2D eigenvalue weighted by Crippen LogP contribution is 2.37. The van der Waals surface area contributed by atoms with Crippen LogP contribution < -0.4 is 10.5 Å². The maximum absolute atomic E-state index is 13.2. The highest BCUT2D eigenvalue weighted by molar-refractivity contribution is 7.89. The van der Waals surface area contributed by atoms with Crippen LogP contribution in [0.2, 0.25) is 0 Å². The summed E-state index contributed by atoms with van der Waals surface area (Å²) in [6.45, 7) is 9.19. The standard InChI is InChI=1S/C21H16F3N7O2S/c1-11(12-3-5-14(6-4-12)34(25,32)33)30-20-29-10-17(26-2)18(31-20)16-9-28-19-15(16)7-13(8-27-19)21(22,23)24/h3-11H,1H3,(H,27,28)(H2,25,32,33)(H,29,30,31)/t11-/m1/s1. The number of fused-ring (bicyclic) bond motifs is 1. The average Bonchev–Trinajstić information content (AvgIpc) is 3.21. The van der Waals surface area contributed by atoms with Crippen LogP contribution >= 0.6 is 0 Å². The molecule has 0 aliphatic heterocycles. The number of aromatic amines is 1. The second kappa shape index (κ2) is 8.40. The number of H-pyrrole nitrogens is 1. The van der Waals surface area contributed by atoms with Crippen molar-refractivity contribution in [3.05, 3.63) is 71.5 Å². The maximum atomic E-state index is 13.2. The Morgan fingerprint density at radius 1 is 1.18 bits per heavy atom. The van der Waals surface area contributed by atoms with E-state index in [1.165, 1.54) is 24.5 Å². The molecule has 0 amide bonds. The van der Waals surface area contributed by atoms with Crippen molar-refractivity contribution in [1.82, 2.24) is 19.9 Å². The number of pyridine rings is 1. The summed E-state index contributed by atoms with van der Waals surface area (Å²) >= 11 is 0. The molecule has 0 aliphatic carbocycles. The molecule has 0 fully saturated rings. The van der Waals surface area contributed by atoms with Gasteiger partial charge in [-0.05, 0) is 30.7 Å². The van der Waals surface area contributed by atoms with Gasteiger partial charge < -0.3 is 10.3 Å². The summed E-state index contributed by atoms with van der Waals surface area (Å²) in [5.74, 6) is 0.125. The molecule has 0 radical (unpaired) electrons. The fraction of sp³-hybridized carbons (Fsp3) is 0.143. The molecule has 4 rings (SSSR count). The SMILES string of the molecule is [C-]#[N+]c1cnc(N[C@H](C)c2ccc(S(N)(=O)=O)cc2)nc1-c1c[nH]c2ncc(C(F)(F)F)cc12. The fourth-order valence-electron chi connectivity index (χ4n) is 3.30. The number of alkyl halides is 3. The van der Waals surface area contributed by atoms with Gasteiger partial charge in [0, 0.05) is 29.5 Å². The molecule has 9 nitrogen and oxygen atoms in total. The normalized spacial score (nSPS) is 12.9. The predicted octanol–water partition coefficient (Wildman–Crippen LogP) is 4.41. The minimum absolute atomic E-state index is 0.0328. The van der Waals surface area contributed by atoms with E-state index in [1.807, 2.05) is 0 Å². The Labute approximate surface area is 191 Å². The number of sulfonamides is 1. The molecular formula is C21H16F3N7O2S. The van der Waals surface area contributed by atoms with E-state index < -0.39 is 21.8 Å². The Balaban J connectivity index is 1.70. The Morgan fingerprint density at radius 3 is 2.50 bits per heavy atom.